The van der Waals surface area contributed by atoms with Crippen LogP contribution in [-0.2, 0) is 6.42 Å². The Balaban J connectivity index is 1.34. The van der Waals surface area contributed by atoms with E-state index in [0.29, 0.717) is 29.7 Å². The van der Waals surface area contributed by atoms with Crippen LogP contribution in [0.2, 0.25) is 0 Å². The fraction of sp³-hybridized carbons (Fsp3) is 0.250. The topological polar surface area (TPSA) is 67.2 Å². The van der Waals surface area contributed by atoms with Gasteiger partial charge in [-0.05, 0) is 77.1 Å². The van der Waals surface area contributed by atoms with E-state index >= 15 is 0 Å². The maximum absolute atomic E-state index is 12.5. The summed E-state index contributed by atoms with van der Waals surface area (Å²) in [5, 5.41) is 6.05. The predicted molar refractivity (Wildman–Crippen MR) is 142 cm³/mol. The van der Waals surface area contributed by atoms with Crippen LogP contribution in [0.1, 0.15) is 72.5 Å². The molecule has 34 heavy (non-hydrogen) atoms. The van der Waals surface area contributed by atoms with Crippen molar-refractivity contribution < 1.29 is 9.21 Å². The van der Waals surface area contributed by atoms with Crippen molar-refractivity contribution in [3.63, 3.8) is 0 Å². The molecule has 3 aromatic carbocycles. The van der Waals surface area contributed by atoms with Gasteiger partial charge in [0.05, 0.1) is 0 Å². The molecule has 5 nitrogen and oxygen atoms in total. The van der Waals surface area contributed by atoms with Crippen molar-refractivity contribution in [1.29, 1.82) is 0 Å². The van der Waals surface area contributed by atoms with Crippen molar-refractivity contribution in [1.82, 2.24) is 10.3 Å². The van der Waals surface area contributed by atoms with Crippen LogP contribution in [0, 0.1) is 0 Å². The summed E-state index contributed by atoms with van der Waals surface area (Å²) in [4.78, 5) is 17.1. The van der Waals surface area contributed by atoms with Crippen LogP contribution < -0.4 is 10.6 Å². The maximum Gasteiger partial charge on any atom is 0.257 e. The molecule has 4 aromatic rings. The Morgan fingerprint density at radius 3 is 2.21 bits per heavy atom. The first-order valence-corrected chi connectivity index (χ1v) is 11.9. The Morgan fingerprint density at radius 2 is 1.56 bits per heavy atom. The highest BCUT2D eigenvalue weighted by molar-refractivity contribution is 7.80. The van der Waals surface area contributed by atoms with Gasteiger partial charge < -0.3 is 9.73 Å². The molecule has 0 unspecified atom stereocenters. The average Bonchev–Trinajstić information content (AvgIpc) is 3.21. The highest BCUT2D eigenvalue weighted by atomic mass is 32.1. The van der Waals surface area contributed by atoms with Gasteiger partial charge in [0.15, 0.2) is 16.6 Å². The molecule has 0 aliphatic carbocycles. The van der Waals surface area contributed by atoms with Crippen LogP contribution in [0.4, 0.5) is 5.69 Å². The molecule has 0 bridgehead atoms. The number of rotatable bonds is 6. The number of anilines is 1. The lowest BCUT2D eigenvalue weighted by molar-refractivity contribution is 0.0977. The van der Waals surface area contributed by atoms with Crippen LogP contribution in [0.25, 0.3) is 11.1 Å². The molecule has 1 aromatic heterocycles. The number of aromatic nitrogens is 1. The molecule has 6 heteroatoms. The summed E-state index contributed by atoms with van der Waals surface area (Å²) >= 11 is 5.31. The smallest absolute Gasteiger partial charge is 0.257 e. The quantitative estimate of drug-likeness (QED) is 0.303. The van der Waals surface area contributed by atoms with Gasteiger partial charge in [0.25, 0.3) is 5.91 Å². The zero-order valence-corrected chi connectivity index (χ0v) is 20.7. The fourth-order valence-electron chi connectivity index (χ4n) is 3.66. The molecule has 0 spiro atoms. The number of thiocarbonyl (C=S) groups is 1. The van der Waals surface area contributed by atoms with Gasteiger partial charge in [-0.15, -0.1) is 0 Å². The zero-order valence-electron chi connectivity index (χ0n) is 19.9. The minimum absolute atomic E-state index is 0.235. The van der Waals surface area contributed by atoms with Crippen LogP contribution >= 0.6 is 12.2 Å². The van der Waals surface area contributed by atoms with Gasteiger partial charge in [-0.2, -0.15) is 0 Å². The molecule has 174 valence electrons. The molecule has 0 radical (unpaired) electrons. The molecule has 1 amide bonds. The van der Waals surface area contributed by atoms with Gasteiger partial charge in [-0.25, -0.2) is 4.98 Å². The van der Waals surface area contributed by atoms with Crippen molar-refractivity contribution in [3.8, 4) is 0 Å². The van der Waals surface area contributed by atoms with E-state index in [1.165, 1.54) is 11.1 Å². The Bertz CT molecular complexity index is 1310. The molecule has 0 fully saturated rings. The molecule has 1 heterocycles. The van der Waals surface area contributed by atoms with Crippen molar-refractivity contribution in [3.05, 3.63) is 94.9 Å². The molecule has 0 saturated carbocycles. The lowest BCUT2D eigenvalue weighted by Crippen LogP contribution is -2.34. The third kappa shape index (κ3) is 5.69. The maximum atomic E-state index is 12.5. The van der Waals surface area contributed by atoms with Gasteiger partial charge in [0.2, 0.25) is 0 Å². The van der Waals surface area contributed by atoms with Crippen molar-refractivity contribution >= 4 is 40.0 Å². The second-order valence-electron chi connectivity index (χ2n) is 9.05. The largest absolute Gasteiger partial charge is 0.440 e. The van der Waals surface area contributed by atoms with Crippen LogP contribution in [0.3, 0.4) is 0 Å². The summed E-state index contributed by atoms with van der Waals surface area (Å²) in [6.07, 6.45) is 0.597. The number of fused-ring (bicyclic) bond motifs is 1. The van der Waals surface area contributed by atoms with E-state index in [-0.39, 0.29) is 11.0 Å². The Kier molecular flexibility index (Phi) is 7.08. The monoisotopic (exact) mass is 471 g/mol. The van der Waals surface area contributed by atoms with Crippen molar-refractivity contribution in [2.24, 2.45) is 0 Å². The summed E-state index contributed by atoms with van der Waals surface area (Å²) in [7, 11) is 0. The van der Waals surface area contributed by atoms with E-state index in [1.807, 2.05) is 54.6 Å². The third-order valence-electron chi connectivity index (χ3n) is 5.76. The van der Waals surface area contributed by atoms with Gasteiger partial charge in [0.1, 0.15) is 5.52 Å². The van der Waals surface area contributed by atoms with Gasteiger partial charge >= 0.3 is 0 Å². The third-order valence-corrected chi connectivity index (χ3v) is 5.96. The lowest BCUT2D eigenvalue weighted by Gasteiger charge is -2.11. The summed E-state index contributed by atoms with van der Waals surface area (Å²) in [5.41, 5.74) is 6.57. The van der Waals surface area contributed by atoms with Crippen LogP contribution in [0.5, 0.6) is 0 Å². The van der Waals surface area contributed by atoms with Crippen molar-refractivity contribution in [2.45, 2.75) is 46.0 Å². The number of carbonyl (C=O) groups excluding carboxylic acids is 1. The van der Waals surface area contributed by atoms with Gasteiger partial charge in [0, 0.05) is 17.7 Å². The summed E-state index contributed by atoms with van der Waals surface area (Å²) in [6, 6.07) is 21.6. The van der Waals surface area contributed by atoms with E-state index in [9.17, 15) is 4.79 Å². The first-order chi connectivity index (χ1) is 16.3. The number of hydrogen-bond donors (Lipinski definition) is 2. The van der Waals surface area contributed by atoms with E-state index in [4.69, 9.17) is 16.6 Å². The highest BCUT2D eigenvalue weighted by Gasteiger charge is 2.11. The molecule has 0 atom stereocenters. The number of oxazole rings is 1. The number of amides is 1. The Hall–Kier alpha value is -3.51. The SMILES string of the molecule is CC(C)c1ccc(C(=O)NC(=S)Nc2ccc(Cc3nc4cc(C(C)C)ccc4o3)cc2)cc1. The highest BCUT2D eigenvalue weighted by Crippen LogP contribution is 2.23. The van der Waals surface area contributed by atoms with Crippen LogP contribution in [-0.4, -0.2) is 16.0 Å². The minimum Gasteiger partial charge on any atom is -0.440 e. The first kappa shape index (κ1) is 23.6. The van der Waals surface area contributed by atoms with Crippen LogP contribution in [0.15, 0.2) is 71.1 Å². The normalized spacial score (nSPS) is 11.2. The van der Waals surface area contributed by atoms with E-state index in [0.717, 1.165) is 22.4 Å². The molecule has 4 rings (SSSR count). The van der Waals surface area contributed by atoms with E-state index < -0.39 is 0 Å². The molecular weight excluding hydrogens is 442 g/mol. The Labute approximate surface area is 205 Å². The second kappa shape index (κ2) is 10.2. The fourth-order valence-corrected chi connectivity index (χ4v) is 3.88. The number of carbonyl (C=O) groups is 1. The predicted octanol–water partition coefficient (Wildman–Crippen LogP) is 6.79. The molecule has 0 aliphatic rings. The summed E-state index contributed by atoms with van der Waals surface area (Å²) in [5.74, 6) is 1.32. The molecule has 0 aliphatic heterocycles. The number of nitrogens with one attached hydrogen (secondary N) is 2. The number of nitrogens with zero attached hydrogens (tertiary/aromatic N) is 1. The standard InChI is InChI=1S/C28H29N3O2S/c1-17(2)20-7-9-21(10-8-20)27(32)31-28(34)29-23-12-5-19(6-13-23)15-26-30-24-16-22(18(3)4)11-14-25(24)33-26/h5-14,16-18H,15H2,1-4H3,(H2,29,31,32,34). The second-order valence-corrected chi connectivity index (χ2v) is 9.46. The number of hydrogen-bond acceptors (Lipinski definition) is 4. The average molecular weight is 472 g/mol. The lowest BCUT2D eigenvalue weighted by atomic mass is 10.0. The van der Waals surface area contributed by atoms with E-state index in [2.05, 4.69) is 55.4 Å². The Morgan fingerprint density at radius 1 is 0.912 bits per heavy atom. The summed E-state index contributed by atoms with van der Waals surface area (Å²) < 4.78 is 5.91. The molecular formula is C28H29N3O2S. The molecule has 0 saturated heterocycles. The molecule has 2 N–H and O–H groups in total. The van der Waals surface area contributed by atoms with E-state index in [1.54, 1.807) is 0 Å². The summed E-state index contributed by atoms with van der Waals surface area (Å²) in [6.45, 7) is 8.57. The first-order valence-electron chi connectivity index (χ1n) is 11.5. The number of benzene rings is 3. The van der Waals surface area contributed by atoms with Gasteiger partial charge in [-0.3, -0.25) is 10.1 Å². The van der Waals surface area contributed by atoms with Crippen molar-refractivity contribution in [2.75, 3.05) is 5.32 Å². The van der Waals surface area contributed by atoms with Gasteiger partial charge in [-0.1, -0.05) is 58.0 Å². The minimum atomic E-state index is -0.235. The zero-order chi connectivity index (χ0) is 24.2.